The Bertz CT molecular complexity index is 408. The lowest BCUT2D eigenvalue weighted by Crippen LogP contribution is -2.30. The van der Waals surface area contributed by atoms with Crippen LogP contribution >= 0.6 is 11.3 Å². The molecular formula is C16H29N3S. The number of nitrogens with one attached hydrogen (secondary N) is 1. The number of aromatic nitrogens is 1. The van der Waals surface area contributed by atoms with Gasteiger partial charge in [-0.15, -0.1) is 11.3 Å². The van der Waals surface area contributed by atoms with Crippen LogP contribution in [-0.4, -0.2) is 24.6 Å². The minimum Gasteiger partial charge on any atom is -0.348 e. The highest BCUT2D eigenvalue weighted by Gasteiger charge is 2.30. The van der Waals surface area contributed by atoms with Gasteiger partial charge < -0.3 is 10.2 Å². The van der Waals surface area contributed by atoms with Gasteiger partial charge in [0.25, 0.3) is 0 Å². The van der Waals surface area contributed by atoms with Gasteiger partial charge in [0, 0.05) is 30.4 Å². The van der Waals surface area contributed by atoms with Crippen LogP contribution in [0.15, 0.2) is 0 Å². The van der Waals surface area contributed by atoms with Crippen LogP contribution in [0.4, 0.5) is 5.13 Å². The van der Waals surface area contributed by atoms with Crippen molar-refractivity contribution in [3.05, 3.63) is 10.6 Å². The van der Waals surface area contributed by atoms with Gasteiger partial charge in [-0.2, -0.15) is 0 Å². The number of hydrogen-bond donors (Lipinski definition) is 1. The molecule has 1 aromatic heterocycles. The average molecular weight is 295 g/mol. The molecule has 4 heteroatoms. The first-order chi connectivity index (χ1) is 9.71. The summed E-state index contributed by atoms with van der Waals surface area (Å²) in [5, 5.41) is 4.75. The van der Waals surface area contributed by atoms with E-state index in [1.54, 1.807) is 0 Å². The van der Waals surface area contributed by atoms with E-state index in [4.69, 9.17) is 4.98 Å². The van der Waals surface area contributed by atoms with Gasteiger partial charge in [0.1, 0.15) is 0 Å². The van der Waals surface area contributed by atoms with Crippen molar-refractivity contribution in [2.45, 2.75) is 71.4 Å². The van der Waals surface area contributed by atoms with Gasteiger partial charge in [-0.3, -0.25) is 0 Å². The predicted molar refractivity (Wildman–Crippen MR) is 88.9 cm³/mol. The van der Waals surface area contributed by atoms with E-state index in [0.717, 1.165) is 19.0 Å². The second kappa shape index (κ2) is 7.41. The second-order valence-corrected chi connectivity index (χ2v) is 6.90. The molecule has 1 N–H and O–H groups in total. The van der Waals surface area contributed by atoms with E-state index in [1.165, 1.54) is 47.8 Å². The third-order valence-electron chi connectivity index (χ3n) is 4.18. The van der Waals surface area contributed by atoms with Crippen LogP contribution in [0.2, 0.25) is 0 Å². The summed E-state index contributed by atoms with van der Waals surface area (Å²) >= 11 is 1.90. The topological polar surface area (TPSA) is 28.2 Å². The molecule has 0 spiro atoms. The van der Waals surface area contributed by atoms with Crippen molar-refractivity contribution in [2.75, 3.05) is 18.5 Å². The molecule has 1 saturated carbocycles. The third-order valence-corrected chi connectivity index (χ3v) is 5.35. The highest BCUT2D eigenvalue weighted by molar-refractivity contribution is 7.15. The van der Waals surface area contributed by atoms with Gasteiger partial charge in [0.15, 0.2) is 5.13 Å². The first-order valence-corrected chi connectivity index (χ1v) is 8.95. The lowest BCUT2D eigenvalue weighted by atomic mass is 10.1. The Kier molecular flexibility index (Phi) is 5.85. The van der Waals surface area contributed by atoms with Gasteiger partial charge in [-0.05, 0) is 38.6 Å². The monoisotopic (exact) mass is 295 g/mol. The van der Waals surface area contributed by atoms with Crippen LogP contribution in [0.3, 0.4) is 0 Å². The maximum absolute atomic E-state index is 4.97. The Labute approximate surface area is 127 Å². The molecule has 0 radical (unpaired) electrons. The van der Waals surface area contributed by atoms with Gasteiger partial charge in [-0.1, -0.05) is 20.8 Å². The molecule has 0 aromatic carbocycles. The Morgan fingerprint density at radius 3 is 2.55 bits per heavy atom. The largest absolute Gasteiger partial charge is 0.348 e. The van der Waals surface area contributed by atoms with Crippen molar-refractivity contribution in [3.63, 3.8) is 0 Å². The van der Waals surface area contributed by atoms with Crippen LogP contribution in [-0.2, 0) is 6.54 Å². The molecule has 0 aliphatic heterocycles. The molecule has 1 aliphatic carbocycles. The maximum atomic E-state index is 4.97. The van der Waals surface area contributed by atoms with E-state index in [0.29, 0.717) is 6.04 Å². The van der Waals surface area contributed by atoms with E-state index in [2.05, 4.69) is 38.0 Å². The van der Waals surface area contributed by atoms with Gasteiger partial charge in [-0.25, -0.2) is 4.98 Å². The minimum atomic E-state index is 0.615. The Balaban J connectivity index is 2.11. The number of anilines is 1. The molecule has 0 bridgehead atoms. The number of nitrogens with zero attached hydrogens (tertiary/aromatic N) is 2. The first kappa shape index (κ1) is 15.8. The first-order valence-electron chi connectivity index (χ1n) is 8.14. The van der Waals surface area contributed by atoms with E-state index < -0.39 is 0 Å². The molecule has 0 atom stereocenters. The average Bonchev–Trinajstić information content (AvgIpc) is 3.21. The molecule has 0 amide bonds. The second-order valence-electron chi connectivity index (χ2n) is 5.84. The molecule has 0 saturated heterocycles. The molecule has 1 heterocycles. The van der Waals surface area contributed by atoms with Crippen LogP contribution in [0.25, 0.3) is 0 Å². The normalized spacial score (nSPS) is 15.1. The number of thiazole rings is 1. The van der Waals surface area contributed by atoms with Crippen LogP contribution < -0.4 is 10.2 Å². The van der Waals surface area contributed by atoms with E-state index in [1.807, 2.05) is 11.3 Å². The molecule has 1 fully saturated rings. The van der Waals surface area contributed by atoms with Crippen molar-refractivity contribution in [2.24, 2.45) is 0 Å². The Morgan fingerprint density at radius 2 is 2.00 bits per heavy atom. The molecule has 0 unspecified atom stereocenters. The molecule has 1 aromatic rings. The smallest absolute Gasteiger partial charge is 0.185 e. The van der Waals surface area contributed by atoms with Crippen molar-refractivity contribution >= 4 is 16.5 Å². The predicted octanol–water partition coefficient (Wildman–Crippen LogP) is 4.14. The van der Waals surface area contributed by atoms with Crippen molar-refractivity contribution in [1.82, 2.24) is 10.3 Å². The summed E-state index contributed by atoms with van der Waals surface area (Å²) in [7, 11) is 2.20. The summed E-state index contributed by atoms with van der Waals surface area (Å²) in [4.78, 5) is 8.83. The van der Waals surface area contributed by atoms with Crippen molar-refractivity contribution in [1.29, 1.82) is 0 Å². The molecule has 1 aliphatic rings. The molecular weight excluding hydrogens is 266 g/mol. The molecule has 3 nitrogen and oxygen atoms in total. The van der Waals surface area contributed by atoms with Gasteiger partial charge >= 0.3 is 0 Å². The fourth-order valence-electron chi connectivity index (χ4n) is 2.68. The zero-order valence-electron chi connectivity index (χ0n) is 13.4. The lowest BCUT2D eigenvalue weighted by molar-refractivity contribution is 0.590. The highest BCUT2D eigenvalue weighted by Crippen LogP contribution is 2.44. The van der Waals surface area contributed by atoms with Crippen LogP contribution in [0.5, 0.6) is 0 Å². The van der Waals surface area contributed by atoms with E-state index >= 15 is 0 Å². The summed E-state index contributed by atoms with van der Waals surface area (Å²) in [6.07, 6.45) is 6.24. The highest BCUT2D eigenvalue weighted by atomic mass is 32.1. The summed E-state index contributed by atoms with van der Waals surface area (Å²) in [6, 6.07) is 0.615. The molecule has 20 heavy (non-hydrogen) atoms. The maximum Gasteiger partial charge on any atom is 0.185 e. The summed E-state index contributed by atoms with van der Waals surface area (Å²) in [6.45, 7) is 8.84. The fourth-order valence-corrected chi connectivity index (χ4v) is 3.82. The Morgan fingerprint density at radius 1 is 1.30 bits per heavy atom. The summed E-state index contributed by atoms with van der Waals surface area (Å²) in [5.74, 6) is 0.744. The van der Waals surface area contributed by atoms with Crippen LogP contribution in [0.1, 0.15) is 69.4 Å². The SMILES string of the molecule is CCCNCc1sc(N(C)C(CC)CC)nc1C1CC1. The third kappa shape index (κ3) is 3.73. The minimum absolute atomic E-state index is 0.615. The fraction of sp³-hybridized carbons (Fsp3) is 0.812. The summed E-state index contributed by atoms with van der Waals surface area (Å²) in [5.41, 5.74) is 1.38. The lowest BCUT2D eigenvalue weighted by Gasteiger charge is -2.25. The van der Waals surface area contributed by atoms with Gasteiger partial charge in [0.05, 0.1) is 5.69 Å². The van der Waals surface area contributed by atoms with E-state index in [9.17, 15) is 0 Å². The van der Waals surface area contributed by atoms with Gasteiger partial charge in [0.2, 0.25) is 0 Å². The molecule has 114 valence electrons. The number of rotatable bonds is 9. The zero-order valence-corrected chi connectivity index (χ0v) is 14.2. The standard InChI is InChI=1S/C16H29N3S/c1-5-10-17-11-14-15(12-8-9-12)18-16(20-14)19(4)13(6-2)7-3/h12-13,17H,5-11H2,1-4H3. The van der Waals surface area contributed by atoms with E-state index in [-0.39, 0.29) is 0 Å². The number of hydrogen-bond acceptors (Lipinski definition) is 4. The quantitative estimate of drug-likeness (QED) is 0.694. The van der Waals surface area contributed by atoms with Crippen molar-refractivity contribution < 1.29 is 0 Å². The molecule has 2 rings (SSSR count). The summed E-state index contributed by atoms with van der Waals surface area (Å²) < 4.78 is 0. The van der Waals surface area contributed by atoms with Crippen LogP contribution in [0, 0.1) is 0 Å². The zero-order chi connectivity index (χ0) is 14.5. The van der Waals surface area contributed by atoms with Crippen molar-refractivity contribution in [3.8, 4) is 0 Å². The Hall–Kier alpha value is -0.610.